The molecule has 0 heterocycles. The molecule has 0 aliphatic heterocycles. The Morgan fingerprint density at radius 3 is 2.59 bits per heavy atom. The molecule has 1 N–H and O–H groups in total. The van der Waals surface area contributed by atoms with Gasteiger partial charge in [0.25, 0.3) is 0 Å². The van der Waals surface area contributed by atoms with Crippen molar-refractivity contribution in [2.45, 2.75) is 25.9 Å². The number of rotatable bonds is 5. The van der Waals surface area contributed by atoms with Gasteiger partial charge in [0.15, 0.2) is 0 Å². The van der Waals surface area contributed by atoms with Crippen LogP contribution in [-0.4, -0.2) is 25.7 Å². The van der Waals surface area contributed by atoms with Crippen LogP contribution in [0.4, 0.5) is 10.1 Å². The molecule has 0 aromatic heterocycles. The molecule has 4 heteroatoms. The van der Waals surface area contributed by atoms with Crippen LogP contribution in [0.5, 0.6) is 0 Å². The zero-order valence-electron chi connectivity index (χ0n) is 10.4. The lowest BCUT2D eigenvalue weighted by Crippen LogP contribution is -2.42. The van der Waals surface area contributed by atoms with Crippen molar-refractivity contribution in [1.82, 2.24) is 5.32 Å². The second-order valence-corrected chi connectivity index (χ2v) is 4.33. The molecule has 92 valence electrons. The van der Waals surface area contributed by atoms with E-state index in [4.69, 9.17) is 5.26 Å². The van der Waals surface area contributed by atoms with E-state index >= 15 is 0 Å². The van der Waals surface area contributed by atoms with Crippen LogP contribution in [0.3, 0.4) is 0 Å². The number of likely N-dealkylation sites (N-methyl/N-ethyl adjacent to an activating group) is 1. The van der Waals surface area contributed by atoms with Crippen LogP contribution in [0.2, 0.25) is 0 Å². The normalized spacial score (nSPS) is 12.2. The summed E-state index contributed by atoms with van der Waals surface area (Å²) in [5, 5.41) is 12.1. The lowest BCUT2D eigenvalue weighted by Gasteiger charge is -2.24. The fourth-order valence-corrected chi connectivity index (χ4v) is 1.67. The smallest absolute Gasteiger partial charge is 0.146 e. The third kappa shape index (κ3) is 4.04. The highest BCUT2D eigenvalue weighted by Gasteiger charge is 2.14. The van der Waals surface area contributed by atoms with E-state index in [1.54, 1.807) is 30.1 Å². The lowest BCUT2D eigenvalue weighted by atomic mass is 10.2. The van der Waals surface area contributed by atoms with Gasteiger partial charge in [-0.15, -0.1) is 0 Å². The number of benzene rings is 1. The molecule has 1 atom stereocenters. The number of halogens is 1. The molecule has 0 amide bonds. The Morgan fingerprint density at radius 2 is 2.06 bits per heavy atom. The summed E-state index contributed by atoms with van der Waals surface area (Å²) < 4.78 is 13.5. The average Bonchev–Trinajstić information content (AvgIpc) is 2.27. The van der Waals surface area contributed by atoms with Gasteiger partial charge in [-0.2, -0.15) is 5.26 Å². The van der Waals surface area contributed by atoms with Crippen molar-refractivity contribution >= 4 is 5.69 Å². The Bertz CT molecular complexity index is 398. The van der Waals surface area contributed by atoms with E-state index in [1.807, 2.05) is 13.8 Å². The third-order valence-corrected chi connectivity index (χ3v) is 2.41. The molecule has 0 bridgehead atoms. The van der Waals surface area contributed by atoms with Crippen molar-refractivity contribution in [3.8, 4) is 6.07 Å². The Hall–Kier alpha value is -1.60. The third-order valence-electron chi connectivity index (χ3n) is 2.41. The van der Waals surface area contributed by atoms with Gasteiger partial charge >= 0.3 is 0 Å². The molecule has 3 nitrogen and oxygen atoms in total. The van der Waals surface area contributed by atoms with Crippen molar-refractivity contribution in [3.63, 3.8) is 0 Å². The Kier molecular flexibility index (Phi) is 4.92. The number of para-hydroxylation sites is 1. The van der Waals surface area contributed by atoms with Crippen molar-refractivity contribution in [2.75, 3.05) is 18.5 Å². The average molecular weight is 235 g/mol. The first-order valence-corrected chi connectivity index (χ1v) is 5.66. The standard InChI is InChI=1S/C13H18FN3/c1-10(2)16-11(8-15)9-17(3)13-7-5-4-6-12(13)14/h4-7,10-11,16H,9H2,1-3H3. The van der Waals surface area contributed by atoms with Crippen LogP contribution >= 0.6 is 0 Å². The van der Waals surface area contributed by atoms with Crippen LogP contribution in [0.25, 0.3) is 0 Å². The van der Waals surface area contributed by atoms with Gasteiger partial charge in [0.05, 0.1) is 11.8 Å². The minimum atomic E-state index is -0.306. The van der Waals surface area contributed by atoms with Gasteiger partial charge in [-0.25, -0.2) is 4.39 Å². The van der Waals surface area contributed by atoms with E-state index in [2.05, 4.69) is 11.4 Å². The molecular formula is C13H18FN3. The van der Waals surface area contributed by atoms with Crippen LogP contribution in [0.1, 0.15) is 13.8 Å². The summed E-state index contributed by atoms with van der Waals surface area (Å²) in [5.41, 5.74) is 0.512. The van der Waals surface area contributed by atoms with Crippen molar-refractivity contribution in [2.24, 2.45) is 0 Å². The second-order valence-electron chi connectivity index (χ2n) is 4.33. The molecule has 1 aromatic rings. The quantitative estimate of drug-likeness (QED) is 0.850. The molecule has 0 spiro atoms. The van der Waals surface area contributed by atoms with Gasteiger partial charge in [-0.3, -0.25) is 5.32 Å². The highest BCUT2D eigenvalue weighted by Crippen LogP contribution is 2.16. The number of nitriles is 1. The molecule has 0 saturated heterocycles. The Labute approximate surface area is 102 Å². The molecule has 0 aliphatic carbocycles. The highest BCUT2D eigenvalue weighted by atomic mass is 19.1. The van der Waals surface area contributed by atoms with Gasteiger partial charge in [0.1, 0.15) is 11.9 Å². The zero-order chi connectivity index (χ0) is 12.8. The van der Waals surface area contributed by atoms with E-state index in [-0.39, 0.29) is 17.9 Å². The van der Waals surface area contributed by atoms with E-state index in [9.17, 15) is 4.39 Å². The molecular weight excluding hydrogens is 217 g/mol. The van der Waals surface area contributed by atoms with Crippen LogP contribution in [-0.2, 0) is 0 Å². The largest absolute Gasteiger partial charge is 0.370 e. The molecule has 17 heavy (non-hydrogen) atoms. The molecule has 0 fully saturated rings. The van der Waals surface area contributed by atoms with Gasteiger partial charge in [0, 0.05) is 19.6 Å². The first kappa shape index (κ1) is 13.5. The Balaban J connectivity index is 2.68. The van der Waals surface area contributed by atoms with E-state index in [1.165, 1.54) is 6.07 Å². The molecule has 0 radical (unpaired) electrons. The summed E-state index contributed by atoms with van der Waals surface area (Å²) in [6.45, 7) is 4.41. The van der Waals surface area contributed by atoms with Gasteiger partial charge in [0.2, 0.25) is 0 Å². The molecule has 0 saturated carbocycles. The predicted octanol–water partition coefficient (Wildman–Crippen LogP) is 2.15. The maximum atomic E-state index is 13.5. The monoisotopic (exact) mass is 235 g/mol. The summed E-state index contributed by atoms with van der Waals surface area (Å²) in [6.07, 6.45) is 0. The topological polar surface area (TPSA) is 39.1 Å². The summed E-state index contributed by atoms with van der Waals surface area (Å²) in [7, 11) is 1.78. The van der Waals surface area contributed by atoms with Crippen molar-refractivity contribution in [1.29, 1.82) is 5.26 Å². The van der Waals surface area contributed by atoms with Crippen LogP contribution in [0, 0.1) is 17.1 Å². The molecule has 1 unspecified atom stereocenters. The zero-order valence-corrected chi connectivity index (χ0v) is 10.4. The van der Waals surface area contributed by atoms with Crippen LogP contribution in [0.15, 0.2) is 24.3 Å². The first-order valence-electron chi connectivity index (χ1n) is 5.66. The minimum absolute atomic E-state index is 0.230. The second kappa shape index (κ2) is 6.21. The van der Waals surface area contributed by atoms with E-state index in [0.717, 1.165) is 0 Å². The number of hydrogen-bond donors (Lipinski definition) is 1. The summed E-state index contributed by atoms with van der Waals surface area (Å²) in [6, 6.07) is 8.67. The fraction of sp³-hybridized carbons (Fsp3) is 0.462. The van der Waals surface area contributed by atoms with Crippen molar-refractivity contribution in [3.05, 3.63) is 30.1 Å². The highest BCUT2D eigenvalue weighted by molar-refractivity contribution is 5.47. The number of hydrogen-bond acceptors (Lipinski definition) is 3. The number of nitrogens with one attached hydrogen (secondary N) is 1. The summed E-state index contributed by atoms with van der Waals surface area (Å²) in [4.78, 5) is 1.75. The first-order chi connectivity index (χ1) is 8.04. The number of anilines is 1. The molecule has 0 aliphatic rings. The summed E-state index contributed by atoms with van der Waals surface area (Å²) in [5.74, 6) is -0.267. The maximum Gasteiger partial charge on any atom is 0.146 e. The van der Waals surface area contributed by atoms with E-state index < -0.39 is 0 Å². The van der Waals surface area contributed by atoms with E-state index in [0.29, 0.717) is 12.2 Å². The van der Waals surface area contributed by atoms with Gasteiger partial charge in [-0.05, 0) is 26.0 Å². The lowest BCUT2D eigenvalue weighted by molar-refractivity contribution is 0.525. The number of nitrogens with zero attached hydrogens (tertiary/aromatic N) is 2. The summed E-state index contributed by atoms with van der Waals surface area (Å²) >= 11 is 0. The Morgan fingerprint density at radius 1 is 1.41 bits per heavy atom. The van der Waals surface area contributed by atoms with Gasteiger partial charge in [-0.1, -0.05) is 12.1 Å². The predicted molar refractivity (Wildman–Crippen MR) is 67.3 cm³/mol. The van der Waals surface area contributed by atoms with Crippen molar-refractivity contribution < 1.29 is 4.39 Å². The van der Waals surface area contributed by atoms with Crippen LogP contribution < -0.4 is 10.2 Å². The maximum absolute atomic E-state index is 13.5. The SMILES string of the molecule is CC(C)NC(C#N)CN(C)c1ccccc1F. The fourth-order valence-electron chi connectivity index (χ4n) is 1.67. The van der Waals surface area contributed by atoms with Gasteiger partial charge < -0.3 is 4.90 Å². The molecule has 1 rings (SSSR count). The molecule has 1 aromatic carbocycles. The minimum Gasteiger partial charge on any atom is -0.370 e.